The second-order valence-electron chi connectivity index (χ2n) is 4.96. The van der Waals surface area contributed by atoms with Gasteiger partial charge in [0.05, 0.1) is 6.54 Å². The van der Waals surface area contributed by atoms with E-state index in [-0.39, 0.29) is 5.91 Å². The minimum atomic E-state index is 0.183. The Balaban J connectivity index is 2.13. The summed E-state index contributed by atoms with van der Waals surface area (Å²) < 4.78 is 0. The molecule has 0 radical (unpaired) electrons. The highest BCUT2D eigenvalue weighted by molar-refractivity contribution is 5.96. The van der Waals surface area contributed by atoms with Gasteiger partial charge in [0, 0.05) is 11.7 Å². The standard InChI is InChI=1S/C15H22N2O/c1-3-10-16-11-15(18)17-12(2)8-9-13-6-4-5-7-14(13)17/h4-7,12,16H,3,8-11H2,1-2H3. The fraction of sp³-hybridized carbons (Fsp3) is 0.533. The highest BCUT2D eigenvalue weighted by atomic mass is 16.2. The molecule has 1 amide bonds. The molecular formula is C15H22N2O. The summed E-state index contributed by atoms with van der Waals surface area (Å²) in [5, 5.41) is 3.19. The third-order valence-corrected chi connectivity index (χ3v) is 3.50. The van der Waals surface area contributed by atoms with Gasteiger partial charge in [-0.15, -0.1) is 0 Å². The van der Waals surface area contributed by atoms with E-state index in [9.17, 15) is 4.79 Å². The topological polar surface area (TPSA) is 32.3 Å². The second kappa shape index (κ2) is 6.01. The van der Waals surface area contributed by atoms with Gasteiger partial charge in [0.15, 0.2) is 0 Å². The molecule has 18 heavy (non-hydrogen) atoms. The molecule has 1 atom stereocenters. The van der Waals surface area contributed by atoms with Crippen molar-refractivity contribution in [1.29, 1.82) is 0 Å². The molecule has 1 aliphatic rings. The van der Waals surface area contributed by atoms with E-state index < -0.39 is 0 Å². The number of fused-ring (bicyclic) bond motifs is 1. The molecule has 1 aliphatic heterocycles. The summed E-state index contributed by atoms with van der Waals surface area (Å²) in [5.41, 5.74) is 2.39. The molecule has 1 unspecified atom stereocenters. The molecule has 0 spiro atoms. The van der Waals surface area contributed by atoms with Crippen LogP contribution in [0, 0.1) is 0 Å². The predicted molar refractivity (Wildman–Crippen MR) is 74.9 cm³/mol. The average molecular weight is 246 g/mol. The number of rotatable bonds is 4. The van der Waals surface area contributed by atoms with Crippen molar-refractivity contribution < 1.29 is 4.79 Å². The van der Waals surface area contributed by atoms with Crippen LogP contribution in [0.4, 0.5) is 5.69 Å². The number of hydrogen-bond donors (Lipinski definition) is 1. The molecule has 98 valence electrons. The van der Waals surface area contributed by atoms with Crippen molar-refractivity contribution in [1.82, 2.24) is 5.32 Å². The van der Waals surface area contributed by atoms with E-state index in [1.165, 1.54) is 5.56 Å². The van der Waals surface area contributed by atoms with Crippen molar-refractivity contribution in [2.75, 3.05) is 18.0 Å². The van der Waals surface area contributed by atoms with Gasteiger partial charge >= 0.3 is 0 Å². The van der Waals surface area contributed by atoms with Crippen molar-refractivity contribution in [2.24, 2.45) is 0 Å². The Morgan fingerprint density at radius 1 is 1.44 bits per heavy atom. The van der Waals surface area contributed by atoms with Crippen LogP contribution in [0.1, 0.15) is 32.3 Å². The summed E-state index contributed by atoms with van der Waals surface area (Å²) in [6, 6.07) is 8.54. The van der Waals surface area contributed by atoms with Crippen molar-refractivity contribution in [2.45, 2.75) is 39.2 Å². The van der Waals surface area contributed by atoms with Crippen molar-refractivity contribution in [3.8, 4) is 0 Å². The number of carbonyl (C=O) groups is 1. The van der Waals surface area contributed by atoms with Gasteiger partial charge in [-0.2, -0.15) is 0 Å². The zero-order valence-corrected chi connectivity index (χ0v) is 11.3. The molecule has 0 saturated heterocycles. The number of benzene rings is 1. The van der Waals surface area contributed by atoms with Gasteiger partial charge < -0.3 is 10.2 Å². The lowest BCUT2D eigenvalue weighted by Gasteiger charge is -2.35. The third-order valence-electron chi connectivity index (χ3n) is 3.50. The quantitative estimate of drug-likeness (QED) is 0.827. The fourth-order valence-corrected chi connectivity index (χ4v) is 2.53. The van der Waals surface area contributed by atoms with Crippen LogP contribution in [0.3, 0.4) is 0 Å². The van der Waals surface area contributed by atoms with E-state index in [1.807, 2.05) is 17.0 Å². The first-order chi connectivity index (χ1) is 8.74. The monoisotopic (exact) mass is 246 g/mol. The summed E-state index contributed by atoms with van der Waals surface area (Å²) in [6.07, 6.45) is 3.18. The number of anilines is 1. The zero-order chi connectivity index (χ0) is 13.0. The fourth-order valence-electron chi connectivity index (χ4n) is 2.53. The molecule has 3 heteroatoms. The molecule has 0 saturated carbocycles. The van der Waals surface area contributed by atoms with E-state index in [0.717, 1.165) is 31.5 Å². The summed E-state index contributed by atoms with van der Waals surface area (Å²) in [5.74, 6) is 0.183. The minimum absolute atomic E-state index is 0.183. The summed E-state index contributed by atoms with van der Waals surface area (Å²) in [4.78, 5) is 14.3. The van der Waals surface area contributed by atoms with Crippen LogP contribution in [-0.4, -0.2) is 25.0 Å². The van der Waals surface area contributed by atoms with Gasteiger partial charge in [-0.05, 0) is 44.4 Å². The molecule has 0 bridgehead atoms. The Bertz CT molecular complexity index is 417. The largest absolute Gasteiger partial charge is 0.308 e. The van der Waals surface area contributed by atoms with E-state index in [0.29, 0.717) is 12.6 Å². The van der Waals surface area contributed by atoms with Crippen LogP contribution in [0.15, 0.2) is 24.3 Å². The van der Waals surface area contributed by atoms with Crippen LogP contribution in [-0.2, 0) is 11.2 Å². The number of carbonyl (C=O) groups excluding carboxylic acids is 1. The maximum atomic E-state index is 12.3. The molecule has 1 heterocycles. The van der Waals surface area contributed by atoms with Gasteiger partial charge in [-0.25, -0.2) is 0 Å². The molecule has 1 N–H and O–H groups in total. The first kappa shape index (κ1) is 13.1. The summed E-state index contributed by atoms with van der Waals surface area (Å²) >= 11 is 0. The van der Waals surface area contributed by atoms with Crippen LogP contribution in [0.2, 0.25) is 0 Å². The van der Waals surface area contributed by atoms with Crippen LogP contribution < -0.4 is 10.2 Å². The lowest BCUT2D eigenvalue weighted by molar-refractivity contribution is -0.118. The Morgan fingerprint density at radius 2 is 2.22 bits per heavy atom. The number of aryl methyl sites for hydroxylation is 1. The van der Waals surface area contributed by atoms with Gasteiger partial charge in [-0.3, -0.25) is 4.79 Å². The number of amides is 1. The Hall–Kier alpha value is -1.35. The van der Waals surface area contributed by atoms with Crippen LogP contribution in [0.5, 0.6) is 0 Å². The van der Waals surface area contributed by atoms with E-state index in [2.05, 4.69) is 31.3 Å². The first-order valence-corrected chi connectivity index (χ1v) is 6.84. The third kappa shape index (κ3) is 2.72. The SMILES string of the molecule is CCCNCC(=O)N1c2ccccc2CCC1C. The highest BCUT2D eigenvalue weighted by Crippen LogP contribution is 2.30. The number of para-hydroxylation sites is 1. The van der Waals surface area contributed by atoms with E-state index in [4.69, 9.17) is 0 Å². The number of nitrogens with one attached hydrogen (secondary N) is 1. The van der Waals surface area contributed by atoms with Gasteiger partial charge in [0.25, 0.3) is 0 Å². The molecule has 0 aromatic heterocycles. The Morgan fingerprint density at radius 3 is 3.00 bits per heavy atom. The van der Waals surface area contributed by atoms with Crippen LogP contribution >= 0.6 is 0 Å². The lowest BCUT2D eigenvalue weighted by Crippen LogP contribution is -2.46. The van der Waals surface area contributed by atoms with Crippen molar-refractivity contribution in [3.63, 3.8) is 0 Å². The average Bonchev–Trinajstić information content (AvgIpc) is 2.38. The molecule has 3 nitrogen and oxygen atoms in total. The molecule has 1 aromatic carbocycles. The Labute approximate surface area is 109 Å². The van der Waals surface area contributed by atoms with Crippen LogP contribution in [0.25, 0.3) is 0 Å². The van der Waals surface area contributed by atoms with E-state index in [1.54, 1.807) is 0 Å². The maximum absolute atomic E-state index is 12.3. The van der Waals surface area contributed by atoms with E-state index >= 15 is 0 Å². The number of nitrogens with zero attached hydrogens (tertiary/aromatic N) is 1. The second-order valence-corrected chi connectivity index (χ2v) is 4.96. The van der Waals surface area contributed by atoms with Crippen molar-refractivity contribution >= 4 is 11.6 Å². The molecule has 1 aromatic rings. The zero-order valence-electron chi connectivity index (χ0n) is 11.3. The number of hydrogen-bond acceptors (Lipinski definition) is 2. The molecule has 0 fully saturated rings. The lowest BCUT2D eigenvalue weighted by atomic mass is 9.96. The molecule has 2 rings (SSSR count). The highest BCUT2D eigenvalue weighted by Gasteiger charge is 2.27. The predicted octanol–water partition coefficient (Wildman–Crippen LogP) is 2.35. The maximum Gasteiger partial charge on any atom is 0.241 e. The van der Waals surface area contributed by atoms with Gasteiger partial charge in [-0.1, -0.05) is 25.1 Å². The van der Waals surface area contributed by atoms with Crippen molar-refractivity contribution in [3.05, 3.63) is 29.8 Å². The summed E-state index contributed by atoms with van der Waals surface area (Å²) in [6.45, 7) is 5.58. The van der Waals surface area contributed by atoms with Gasteiger partial charge in [0.2, 0.25) is 5.91 Å². The smallest absolute Gasteiger partial charge is 0.241 e. The normalized spacial score (nSPS) is 18.6. The first-order valence-electron chi connectivity index (χ1n) is 6.84. The molecule has 0 aliphatic carbocycles. The van der Waals surface area contributed by atoms with Gasteiger partial charge in [0.1, 0.15) is 0 Å². The Kier molecular flexibility index (Phi) is 4.37. The molecular weight excluding hydrogens is 224 g/mol. The summed E-state index contributed by atoms with van der Waals surface area (Å²) in [7, 11) is 0. The minimum Gasteiger partial charge on any atom is -0.308 e.